The minimum Gasteiger partial charge on any atom is -0.378 e. The minimum absolute atomic E-state index is 0.208. The smallest absolute Gasteiger partial charge is 0.251 e. The highest BCUT2D eigenvalue weighted by molar-refractivity contribution is 6.30. The number of carbonyl (C=O) groups is 1. The third-order valence-corrected chi connectivity index (χ3v) is 1.76. The number of carbonyl (C=O) groups excluding carboxylic acids is 1. The molecule has 1 aromatic rings. The predicted octanol–water partition coefficient (Wildman–Crippen LogP) is 0.998. The van der Waals surface area contributed by atoms with Crippen molar-refractivity contribution >= 4 is 17.5 Å². The molecule has 0 aromatic heterocycles. The van der Waals surface area contributed by atoms with Crippen molar-refractivity contribution in [1.82, 2.24) is 0 Å². The molecule has 3 N–H and O–H groups in total. The molecule has 0 spiro atoms. The fraction of sp³-hybridized carbons (Fsp3) is 0.125. The summed E-state index contributed by atoms with van der Waals surface area (Å²) in [4.78, 5) is 10.5. The molecule has 0 radical (unpaired) electrons. The normalized spacial score (nSPS) is 12.5. The largest absolute Gasteiger partial charge is 0.378 e. The number of amides is 1. The summed E-state index contributed by atoms with van der Waals surface area (Å²) in [6, 6.07) is 3.53. The first-order valence-electron chi connectivity index (χ1n) is 3.44. The maximum Gasteiger partial charge on any atom is 0.251 e. The Labute approximate surface area is 78.9 Å². The molecular formula is C8H7ClFNO2. The number of aliphatic hydroxyl groups excluding tert-OH is 1. The summed E-state index contributed by atoms with van der Waals surface area (Å²) in [6.07, 6.45) is -1.65. The number of hydrogen-bond acceptors (Lipinski definition) is 2. The van der Waals surface area contributed by atoms with E-state index in [1.807, 2.05) is 0 Å². The van der Waals surface area contributed by atoms with Crippen molar-refractivity contribution in [2.45, 2.75) is 6.10 Å². The van der Waals surface area contributed by atoms with E-state index in [1.165, 1.54) is 6.07 Å². The van der Waals surface area contributed by atoms with Crippen molar-refractivity contribution < 1.29 is 14.3 Å². The van der Waals surface area contributed by atoms with Gasteiger partial charge in [-0.15, -0.1) is 0 Å². The molecule has 0 aliphatic carbocycles. The number of aliphatic hydroxyl groups is 1. The van der Waals surface area contributed by atoms with Gasteiger partial charge in [0.1, 0.15) is 5.82 Å². The second kappa shape index (κ2) is 3.72. The molecule has 0 aliphatic rings. The van der Waals surface area contributed by atoms with Gasteiger partial charge < -0.3 is 10.8 Å². The first-order chi connectivity index (χ1) is 6.02. The molecule has 0 heterocycles. The molecule has 1 aromatic carbocycles. The van der Waals surface area contributed by atoms with Crippen LogP contribution >= 0.6 is 11.6 Å². The Kier molecular flexibility index (Phi) is 2.85. The van der Waals surface area contributed by atoms with Crippen molar-refractivity contribution in [1.29, 1.82) is 0 Å². The summed E-state index contributed by atoms with van der Waals surface area (Å²) in [5, 5.41) is 9.36. The maximum absolute atomic E-state index is 13.0. The number of primary amides is 1. The highest BCUT2D eigenvalue weighted by Crippen LogP contribution is 2.20. The van der Waals surface area contributed by atoms with E-state index < -0.39 is 17.8 Å². The van der Waals surface area contributed by atoms with Gasteiger partial charge in [-0.3, -0.25) is 4.79 Å². The molecule has 1 rings (SSSR count). The Bertz CT molecular complexity index is 343. The molecule has 0 fully saturated rings. The third kappa shape index (κ3) is 2.17. The average Bonchev–Trinajstić information content (AvgIpc) is 2.08. The van der Waals surface area contributed by atoms with E-state index in [0.717, 1.165) is 12.1 Å². The standard InChI is InChI=1S/C8H7ClFNO2/c9-4-1-2-6(10)5(3-4)7(12)8(11)13/h1-3,7,12H,(H2,11,13). The van der Waals surface area contributed by atoms with Gasteiger partial charge in [0.05, 0.1) is 0 Å². The van der Waals surface area contributed by atoms with Crippen molar-refractivity contribution in [2.75, 3.05) is 0 Å². The Morgan fingerprint density at radius 1 is 1.62 bits per heavy atom. The van der Waals surface area contributed by atoms with Crippen LogP contribution < -0.4 is 5.73 Å². The van der Waals surface area contributed by atoms with Crippen LogP contribution in [0.2, 0.25) is 5.02 Å². The fourth-order valence-corrected chi connectivity index (χ4v) is 1.06. The molecule has 1 atom stereocenters. The maximum atomic E-state index is 13.0. The van der Waals surface area contributed by atoms with Gasteiger partial charge in [-0.05, 0) is 18.2 Å². The summed E-state index contributed by atoms with van der Waals surface area (Å²) < 4.78 is 13.0. The lowest BCUT2D eigenvalue weighted by Crippen LogP contribution is -2.21. The van der Waals surface area contributed by atoms with Gasteiger partial charge in [0.2, 0.25) is 0 Å². The lowest BCUT2D eigenvalue weighted by atomic mass is 10.1. The SMILES string of the molecule is NC(=O)C(O)c1cc(Cl)ccc1F. The molecule has 0 aliphatic heterocycles. The van der Waals surface area contributed by atoms with Gasteiger partial charge in [0.15, 0.2) is 6.10 Å². The topological polar surface area (TPSA) is 63.3 Å². The fourth-order valence-electron chi connectivity index (χ4n) is 0.877. The number of nitrogens with two attached hydrogens (primary N) is 1. The van der Waals surface area contributed by atoms with E-state index in [4.69, 9.17) is 22.4 Å². The van der Waals surface area contributed by atoms with Crippen LogP contribution in [0.3, 0.4) is 0 Å². The second-order valence-corrected chi connectivity index (χ2v) is 2.91. The minimum atomic E-state index is -1.65. The highest BCUT2D eigenvalue weighted by atomic mass is 35.5. The zero-order valence-electron chi connectivity index (χ0n) is 6.50. The molecule has 5 heteroatoms. The van der Waals surface area contributed by atoms with Gasteiger partial charge >= 0.3 is 0 Å². The number of halogens is 2. The van der Waals surface area contributed by atoms with Crippen LogP contribution in [0.5, 0.6) is 0 Å². The number of rotatable bonds is 2. The first kappa shape index (κ1) is 9.95. The summed E-state index contributed by atoms with van der Waals surface area (Å²) in [7, 11) is 0. The zero-order chi connectivity index (χ0) is 10.0. The first-order valence-corrected chi connectivity index (χ1v) is 3.82. The zero-order valence-corrected chi connectivity index (χ0v) is 7.25. The number of benzene rings is 1. The van der Waals surface area contributed by atoms with E-state index in [-0.39, 0.29) is 10.6 Å². The highest BCUT2D eigenvalue weighted by Gasteiger charge is 2.18. The van der Waals surface area contributed by atoms with Gasteiger partial charge in [-0.2, -0.15) is 0 Å². The van der Waals surface area contributed by atoms with Gasteiger partial charge in [0, 0.05) is 10.6 Å². The van der Waals surface area contributed by atoms with Crippen LogP contribution in [0.15, 0.2) is 18.2 Å². The molecule has 0 saturated heterocycles. The van der Waals surface area contributed by atoms with E-state index in [9.17, 15) is 9.18 Å². The van der Waals surface area contributed by atoms with E-state index in [1.54, 1.807) is 0 Å². The van der Waals surface area contributed by atoms with E-state index >= 15 is 0 Å². The molecular weight excluding hydrogens is 197 g/mol. The van der Waals surface area contributed by atoms with Crippen LogP contribution in [0.4, 0.5) is 4.39 Å². The van der Waals surface area contributed by atoms with Gasteiger partial charge in [-0.1, -0.05) is 11.6 Å². The Hall–Kier alpha value is -1.13. The monoisotopic (exact) mass is 203 g/mol. The Balaban J connectivity index is 3.12. The van der Waals surface area contributed by atoms with Gasteiger partial charge in [-0.25, -0.2) is 4.39 Å². The van der Waals surface area contributed by atoms with E-state index in [0.29, 0.717) is 0 Å². The van der Waals surface area contributed by atoms with Gasteiger partial charge in [0.25, 0.3) is 5.91 Å². The van der Waals surface area contributed by atoms with Crippen molar-refractivity contribution in [3.8, 4) is 0 Å². The second-order valence-electron chi connectivity index (χ2n) is 2.47. The summed E-state index contributed by atoms with van der Waals surface area (Å²) in [5.74, 6) is -1.73. The summed E-state index contributed by atoms with van der Waals surface area (Å²) in [6.45, 7) is 0. The van der Waals surface area contributed by atoms with Crippen molar-refractivity contribution in [3.63, 3.8) is 0 Å². The molecule has 1 unspecified atom stereocenters. The van der Waals surface area contributed by atoms with Crippen LogP contribution in [0.25, 0.3) is 0 Å². The summed E-state index contributed by atoms with van der Waals surface area (Å²) in [5.41, 5.74) is 4.58. The van der Waals surface area contributed by atoms with E-state index in [2.05, 4.69) is 0 Å². The van der Waals surface area contributed by atoms with Crippen LogP contribution in [0, 0.1) is 5.82 Å². The molecule has 0 bridgehead atoms. The predicted molar refractivity (Wildman–Crippen MR) is 45.6 cm³/mol. The summed E-state index contributed by atoms with van der Waals surface area (Å²) >= 11 is 5.54. The number of hydrogen-bond donors (Lipinski definition) is 2. The third-order valence-electron chi connectivity index (χ3n) is 1.52. The van der Waals surface area contributed by atoms with Crippen molar-refractivity contribution in [2.24, 2.45) is 5.73 Å². The van der Waals surface area contributed by atoms with Crippen molar-refractivity contribution in [3.05, 3.63) is 34.6 Å². The Morgan fingerprint density at radius 2 is 2.23 bits per heavy atom. The molecule has 0 saturated carbocycles. The quantitative estimate of drug-likeness (QED) is 0.753. The molecule has 70 valence electrons. The van der Waals surface area contributed by atoms with Crippen LogP contribution in [-0.2, 0) is 4.79 Å². The molecule has 3 nitrogen and oxygen atoms in total. The average molecular weight is 204 g/mol. The van der Waals surface area contributed by atoms with Crippen LogP contribution in [-0.4, -0.2) is 11.0 Å². The lowest BCUT2D eigenvalue weighted by molar-refractivity contribution is -0.126. The lowest BCUT2D eigenvalue weighted by Gasteiger charge is -2.07. The molecule has 1 amide bonds. The molecule has 13 heavy (non-hydrogen) atoms. The Morgan fingerprint density at radius 3 is 2.77 bits per heavy atom. The van der Waals surface area contributed by atoms with Crippen LogP contribution in [0.1, 0.15) is 11.7 Å².